The molecule has 16 heavy (non-hydrogen) atoms. The van der Waals surface area contributed by atoms with Gasteiger partial charge in [-0.25, -0.2) is 0 Å². The van der Waals surface area contributed by atoms with Gasteiger partial charge in [0.05, 0.1) is 0 Å². The Kier molecular flexibility index (Phi) is 2.47. The molecule has 3 rings (SSSR count). The highest BCUT2D eigenvalue weighted by Gasteiger charge is 2.45. The van der Waals surface area contributed by atoms with Crippen molar-refractivity contribution < 1.29 is 4.79 Å². The summed E-state index contributed by atoms with van der Waals surface area (Å²) in [5.74, 6) is 1.56. The lowest BCUT2D eigenvalue weighted by Crippen LogP contribution is -2.12. The number of ketones is 1. The van der Waals surface area contributed by atoms with Gasteiger partial charge in [0, 0.05) is 16.7 Å². The fourth-order valence-electron chi connectivity index (χ4n) is 3.26. The smallest absolute Gasteiger partial charge is 0.162 e. The molecule has 1 aromatic rings. The first-order chi connectivity index (χ1) is 7.79. The van der Waals surface area contributed by atoms with E-state index < -0.39 is 0 Å². The van der Waals surface area contributed by atoms with E-state index in [9.17, 15) is 4.79 Å². The van der Waals surface area contributed by atoms with Crippen LogP contribution >= 0.6 is 11.3 Å². The molecule has 0 aliphatic heterocycles. The Hall–Kier alpha value is -0.890. The highest BCUT2D eigenvalue weighted by molar-refractivity contribution is 7.10. The topological polar surface area (TPSA) is 17.1 Å². The Balaban J connectivity index is 2.03. The quantitative estimate of drug-likeness (QED) is 0.720. The minimum Gasteiger partial charge on any atom is -0.294 e. The molecule has 0 spiro atoms. The van der Waals surface area contributed by atoms with E-state index in [0.29, 0.717) is 17.6 Å². The first-order valence-electron chi connectivity index (χ1n) is 6.06. The lowest BCUT2D eigenvalue weighted by atomic mass is 9.82. The van der Waals surface area contributed by atoms with Crippen LogP contribution in [0.4, 0.5) is 0 Å². The Labute approximate surface area is 100 Å². The molecule has 1 saturated carbocycles. The van der Waals surface area contributed by atoms with Crippen molar-refractivity contribution in [1.82, 2.24) is 0 Å². The normalized spacial score (nSPS) is 33.7. The van der Waals surface area contributed by atoms with Crippen molar-refractivity contribution >= 4 is 17.1 Å². The van der Waals surface area contributed by atoms with Gasteiger partial charge in [-0.05, 0) is 42.2 Å². The summed E-state index contributed by atoms with van der Waals surface area (Å²) in [7, 11) is 0. The Morgan fingerprint density at radius 2 is 2.31 bits per heavy atom. The molecule has 3 atom stereocenters. The van der Waals surface area contributed by atoms with Crippen LogP contribution in [-0.2, 0) is 4.79 Å². The van der Waals surface area contributed by atoms with Crippen LogP contribution in [0.2, 0.25) is 0 Å². The van der Waals surface area contributed by atoms with Crippen molar-refractivity contribution in [3.8, 4) is 0 Å². The van der Waals surface area contributed by atoms with E-state index in [1.54, 1.807) is 11.3 Å². The highest BCUT2D eigenvalue weighted by atomic mass is 32.1. The van der Waals surface area contributed by atoms with Crippen LogP contribution in [0.1, 0.15) is 37.0 Å². The molecule has 1 heterocycles. The highest BCUT2D eigenvalue weighted by Crippen LogP contribution is 2.50. The van der Waals surface area contributed by atoms with Crippen molar-refractivity contribution in [1.29, 1.82) is 0 Å². The molecule has 2 heteroatoms. The van der Waals surface area contributed by atoms with Gasteiger partial charge in [-0.3, -0.25) is 4.79 Å². The summed E-state index contributed by atoms with van der Waals surface area (Å²) < 4.78 is 0. The molecule has 0 N–H and O–H groups in total. The summed E-state index contributed by atoms with van der Waals surface area (Å²) in [5.41, 5.74) is 1.14. The van der Waals surface area contributed by atoms with Gasteiger partial charge < -0.3 is 0 Å². The summed E-state index contributed by atoms with van der Waals surface area (Å²) in [6.07, 6.45) is 5.74. The van der Waals surface area contributed by atoms with Crippen molar-refractivity contribution in [2.45, 2.75) is 32.1 Å². The third-order valence-electron chi connectivity index (χ3n) is 4.02. The predicted molar refractivity (Wildman–Crippen MR) is 66.7 cm³/mol. The molecule has 0 bridgehead atoms. The Morgan fingerprint density at radius 1 is 1.44 bits per heavy atom. The van der Waals surface area contributed by atoms with Gasteiger partial charge in [0.2, 0.25) is 0 Å². The number of hydrogen-bond donors (Lipinski definition) is 0. The van der Waals surface area contributed by atoms with Crippen molar-refractivity contribution in [2.24, 2.45) is 11.8 Å². The third kappa shape index (κ3) is 1.40. The van der Waals surface area contributed by atoms with Crippen molar-refractivity contribution in [3.05, 3.63) is 34.0 Å². The number of carbonyl (C=O) groups excluding carboxylic acids is 1. The molecule has 1 nitrogen and oxygen atoms in total. The molecule has 0 saturated heterocycles. The molecule has 1 fully saturated rings. The van der Waals surface area contributed by atoms with Crippen LogP contribution in [0.5, 0.6) is 0 Å². The number of rotatable bonds is 1. The molecule has 0 radical (unpaired) electrons. The number of allylic oxidation sites excluding steroid dienone is 2. The van der Waals surface area contributed by atoms with E-state index in [1.165, 1.54) is 17.7 Å². The van der Waals surface area contributed by atoms with Crippen molar-refractivity contribution in [2.75, 3.05) is 0 Å². The van der Waals surface area contributed by atoms with Gasteiger partial charge in [0.15, 0.2) is 5.78 Å². The van der Waals surface area contributed by atoms with Gasteiger partial charge in [0.1, 0.15) is 0 Å². The standard InChI is InChI=1S/C14H16OS/c1-9-13(12-7-4-8-16-12)10-5-2-3-6-11(10)14(9)15/h4,6-10,13H,2-3,5H2,1H3/t9-,10-,13-/m0/s1. The van der Waals surface area contributed by atoms with Crippen LogP contribution in [0.3, 0.4) is 0 Å². The second kappa shape index (κ2) is 3.85. The first kappa shape index (κ1) is 10.3. The number of thiophene rings is 1. The van der Waals surface area contributed by atoms with Gasteiger partial charge in [0.25, 0.3) is 0 Å². The van der Waals surface area contributed by atoms with Crippen molar-refractivity contribution in [3.63, 3.8) is 0 Å². The predicted octanol–water partition coefficient (Wildman–Crippen LogP) is 3.78. The van der Waals surface area contributed by atoms with Crippen LogP contribution in [0.15, 0.2) is 29.2 Å². The van der Waals surface area contributed by atoms with E-state index >= 15 is 0 Å². The van der Waals surface area contributed by atoms with E-state index in [4.69, 9.17) is 0 Å². The van der Waals surface area contributed by atoms with E-state index in [2.05, 4.69) is 30.5 Å². The van der Waals surface area contributed by atoms with Crippen LogP contribution in [-0.4, -0.2) is 5.78 Å². The largest absolute Gasteiger partial charge is 0.294 e. The molecule has 1 aromatic heterocycles. The van der Waals surface area contributed by atoms with E-state index in [1.807, 2.05) is 0 Å². The van der Waals surface area contributed by atoms with Gasteiger partial charge in [-0.1, -0.05) is 19.1 Å². The monoisotopic (exact) mass is 232 g/mol. The minimum absolute atomic E-state index is 0.188. The molecule has 2 aliphatic rings. The second-order valence-electron chi connectivity index (χ2n) is 4.89. The van der Waals surface area contributed by atoms with E-state index in [0.717, 1.165) is 12.0 Å². The fraction of sp³-hybridized carbons (Fsp3) is 0.500. The van der Waals surface area contributed by atoms with Crippen LogP contribution < -0.4 is 0 Å². The summed E-state index contributed by atoms with van der Waals surface area (Å²) in [5, 5.41) is 2.12. The minimum atomic E-state index is 0.188. The SMILES string of the molecule is C[C@@H]1C(=O)C2=CCCC[C@@H]2[C@H]1c1cccs1. The maximum atomic E-state index is 12.2. The number of carbonyl (C=O) groups is 1. The summed E-state index contributed by atoms with van der Waals surface area (Å²) in [6.45, 7) is 2.10. The third-order valence-corrected chi connectivity index (χ3v) is 5.00. The lowest BCUT2D eigenvalue weighted by Gasteiger charge is -2.23. The molecular weight excluding hydrogens is 216 g/mol. The second-order valence-corrected chi connectivity index (χ2v) is 5.87. The summed E-state index contributed by atoms with van der Waals surface area (Å²) in [6, 6.07) is 4.29. The van der Waals surface area contributed by atoms with Crippen LogP contribution in [0, 0.1) is 11.8 Å². The molecule has 0 amide bonds. The van der Waals surface area contributed by atoms with Crippen LogP contribution in [0.25, 0.3) is 0 Å². The molecule has 84 valence electrons. The zero-order valence-electron chi connectivity index (χ0n) is 9.48. The fourth-order valence-corrected chi connectivity index (χ4v) is 4.26. The first-order valence-corrected chi connectivity index (χ1v) is 6.94. The maximum Gasteiger partial charge on any atom is 0.162 e. The zero-order chi connectivity index (χ0) is 11.1. The average molecular weight is 232 g/mol. The Bertz CT molecular complexity index is 430. The molecule has 2 aliphatic carbocycles. The van der Waals surface area contributed by atoms with Gasteiger partial charge in [-0.2, -0.15) is 0 Å². The molecule has 0 unspecified atom stereocenters. The summed E-state index contributed by atoms with van der Waals surface area (Å²) in [4.78, 5) is 13.6. The number of hydrogen-bond acceptors (Lipinski definition) is 2. The lowest BCUT2D eigenvalue weighted by molar-refractivity contribution is -0.117. The van der Waals surface area contributed by atoms with Gasteiger partial charge >= 0.3 is 0 Å². The molecule has 0 aromatic carbocycles. The number of Topliss-reactive ketones (excluding diaryl/α,β-unsaturated/α-hetero) is 1. The Morgan fingerprint density at radius 3 is 3.06 bits per heavy atom. The van der Waals surface area contributed by atoms with Gasteiger partial charge in [-0.15, -0.1) is 11.3 Å². The zero-order valence-corrected chi connectivity index (χ0v) is 10.3. The maximum absolute atomic E-state index is 12.2. The van der Waals surface area contributed by atoms with E-state index in [-0.39, 0.29) is 5.92 Å². The summed E-state index contributed by atoms with van der Waals surface area (Å²) >= 11 is 1.80. The molecular formula is C14H16OS. The number of fused-ring (bicyclic) bond motifs is 1. The average Bonchev–Trinajstić information content (AvgIpc) is 2.89.